The minimum absolute atomic E-state index is 0.00142. The first kappa shape index (κ1) is 15.7. The van der Waals surface area contributed by atoms with E-state index in [4.69, 9.17) is 11.6 Å². The lowest BCUT2D eigenvalue weighted by Gasteiger charge is -2.25. The average Bonchev–Trinajstić information content (AvgIpc) is 2.40. The number of urea groups is 1. The summed E-state index contributed by atoms with van der Waals surface area (Å²) in [4.78, 5) is 11.6. The Bertz CT molecular complexity index is 450. The standard InChI is InChI=1S/C13H18ClFN2O2/c1-3-13(19,4-2)8-16-12(18)17-11-7-9(14)5-6-10(11)15/h5-7,19H,3-4,8H2,1-2H3,(H2,16,17,18). The molecule has 0 aliphatic carbocycles. The number of rotatable bonds is 5. The second-order valence-electron chi connectivity index (χ2n) is 4.36. The maximum absolute atomic E-state index is 13.4. The van der Waals surface area contributed by atoms with Crippen molar-refractivity contribution in [2.75, 3.05) is 11.9 Å². The summed E-state index contributed by atoms with van der Waals surface area (Å²) in [6.45, 7) is 3.77. The van der Waals surface area contributed by atoms with Crippen molar-refractivity contribution >= 4 is 23.3 Å². The van der Waals surface area contributed by atoms with E-state index in [1.807, 2.05) is 13.8 Å². The Hall–Kier alpha value is -1.33. The maximum atomic E-state index is 13.4. The first-order chi connectivity index (χ1) is 8.90. The van der Waals surface area contributed by atoms with Gasteiger partial charge in [0.25, 0.3) is 0 Å². The third-order valence-corrected chi connectivity index (χ3v) is 3.31. The fourth-order valence-corrected chi connectivity index (χ4v) is 1.68. The minimum Gasteiger partial charge on any atom is -0.388 e. The SMILES string of the molecule is CCC(O)(CC)CNC(=O)Nc1cc(Cl)ccc1F. The summed E-state index contributed by atoms with van der Waals surface area (Å²) in [5.41, 5.74) is -0.939. The molecule has 0 saturated carbocycles. The van der Waals surface area contributed by atoms with Crippen LogP contribution >= 0.6 is 11.6 Å². The van der Waals surface area contributed by atoms with E-state index in [1.165, 1.54) is 18.2 Å². The van der Waals surface area contributed by atoms with Gasteiger partial charge in [0.2, 0.25) is 0 Å². The van der Waals surface area contributed by atoms with Gasteiger partial charge in [0.15, 0.2) is 0 Å². The molecular formula is C13H18ClFN2O2. The lowest BCUT2D eigenvalue weighted by molar-refractivity contribution is 0.0354. The highest BCUT2D eigenvalue weighted by Crippen LogP contribution is 2.19. The van der Waals surface area contributed by atoms with Crippen molar-refractivity contribution < 1.29 is 14.3 Å². The molecule has 0 spiro atoms. The van der Waals surface area contributed by atoms with E-state index < -0.39 is 17.4 Å². The van der Waals surface area contributed by atoms with Crippen molar-refractivity contribution in [3.8, 4) is 0 Å². The van der Waals surface area contributed by atoms with E-state index in [0.29, 0.717) is 17.9 Å². The number of halogens is 2. The highest BCUT2D eigenvalue weighted by atomic mass is 35.5. The fourth-order valence-electron chi connectivity index (χ4n) is 1.50. The highest BCUT2D eigenvalue weighted by molar-refractivity contribution is 6.30. The Morgan fingerprint density at radius 1 is 1.42 bits per heavy atom. The molecule has 0 fully saturated rings. The number of carbonyl (C=O) groups is 1. The van der Waals surface area contributed by atoms with Crippen LogP contribution in [0.2, 0.25) is 5.02 Å². The Labute approximate surface area is 117 Å². The summed E-state index contributed by atoms with van der Waals surface area (Å²) in [7, 11) is 0. The summed E-state index contributed by atoms with van der Waals surface area (Å²) in [5.74, 6) is -0.569. The molecule has 0 saturated heterocycles. The van der Waals surface area contributed by atoms with Crippen LogP contribution in [0.4, 0.5) is 14.9 Å². The largest absolute Gasteiger partial charge is 0.388 e. The zero-order valence-electron chi connectivity index (χ0n) is 11.0. The molecule has 0 heterocycles. The molecule has 2 amide bonds. The van der Waals surface area contributed by atoms with Gasteiger partial charge in [0.05, 0.1) is 11.3 Å². The van der Waals surface area contributed by atoms with Crippen molar-refractivity contribution in [3.05, 3.63) is 29.0 Å². The van der Waals surface area contributed by atoms with E-state index in [1.54, 1.807) is 0 Å². The fraction of sp³-hybridized carbons (Fsp3) is 0.462. The molecule has 0 unspecified atom stereocenters. The topological polar surface area (TPSA) is 61.4 Å². The number of aliphatic hydroxyl groups is 1. The molecule has 19 heavy (non-hydrogen) atoms. The highest BCUT2D eigenvalue weighted by Gasteiger charge is 2.22. The van der Waals surface area contributed by atoms with E-state index >= 15 is 0 Å². The van der Waals surface area contributed by atoms with Crippen LogP contribution in [-0.4, -0.2) is 23.3 Å². The first-order valence-corrected chi connectivity index (χ1v) is 6.50. The van der Waals surface area contributed by atoms with E-state index in [0.717, 1.165) is 0 Å². The van der Waals surface area contributed by atoms with Crippen molar-refractivity contribution in [3.63, 3.8) is 0 Å². The van der Waals surface area contributed by atoms with Crippen LogP contribution in [0.15, 0.2) is 18.2 Å². The number of nitrogens with one attached hydrogen (secondary N) is 2. The summed E-state index contributed by atoms with van der Waals surface area (Å²) in [5, 5.41) is 15.2. The van der Waals surface area contributed by atoms with Gasteiger partial charge in [-0.25, -0.2) is 9.18 Å². The predicted octanol–water partition coefficient (Wildman–Crippen LogP) is 3.15. The van der Waals surface area contributed by atoms with Crippen LogP contribution in [0.25, 0.3) is 0 Å². The van der Waals surface area contributed by atoms with E-state index in [2.05, 4.69) is 10.6 Å². The van der Waals surface area contributed by atoms with Gasteiger partial charge >= 0.3 is 6.03 Å². The summed E-state index contributed by atoms with van der Waals surface area (Å²) >= 11 is 5.72. The molecule has 1 rings (SSSR count). The first-order valence-electron chi connectivity index (χ1n) is 6.12. The zero-order chi connectivity index (χ0) is 14.5. The van der Waals surface area contributed by atoms with Gasteiger partial charge in [-0.2, -0.15) is 0 Å². The molecule has 0 atom stereocenters. The van der Waals surface area contributed by atoms with Gasteiger partial charge in [-0.1, -0.05) is 25.4 Å². The number of hydrogen-bond donors (Lipinski definition) is 3. The van der Waals surface area contributed by atoms with Gasteiger partial charge < -0.3 is 15.7 Å². The minimum atomic E-state index is -0.940. The molecule has 1 aromatic carbocycles. The van der Waals surface area contributed by atoms with Crippen LogP contribution < -0.4 is 10.6 Å². The second kappa shape index (κ2) is 6.73. The normalized spacial score (nSPS) is 11.2. The quantitative estimate of drug-likeness (QED) is 0.779. The number of carbonyl (C=O) groups excluding carboxylic acids is 1. The number of amides is 2. The number of anilines is 1. The Morgan fingerprint density at radius 3 is 2.63 bits per heavy atom. The summed E-state index contributed by atoms with van der Waals surface area (Å²) in [6, 6.07) is 3.31. The number of hydrogen-bond acceptors (Lipinski definition) is 2. The average molecular weight is 289 g/mol. The lowest BCUT2D eigenvalue weighted by Crippen LogP contribution is -2.43. The molecule has 6 heteroatoms. The Kier molecular flexibility index (Phi) is 5.57. The van der Waals surface area contributed by atoms with E-state index in [-0.39, 0.29) is 12.2 Å². The predicted molar refractivity (Wildman–Crippen MR) is 74.0 cm³/mol. The molecule has 0 bridgehead atoms. The Balaban J connectivity index is 2.58. The smallest absolute Gasteiger partial charge is 0.319 e. The molecular weight excluding hydrogens is 271 g/mol. The number of benzene rings is 1. The second-order valence-corrected chi connectivity index (χ2v) is 4.80. The third-order valence-electron chi connectivity index (χ3n) is 3.07. The molecule has 0 radical (unpaired) electrons. The van der Waals surface area contributed by atoms with Crippen LogP contribution in [0.5, 0.6) is 0 Å². The summed E-state index contributed by atoms with van der Waals surface area (Å²) in [6.07, 6.45) is 1.05. The van der Waals surface area contributed by atoms with Crippen molar-refractivity contribution in [1.29, 1.82) is 0 Å². The van der Waals surface area contributed by atoms with Crippen LogP contribution in [0.1, 0.15) is 26.7 Å². The zero-order valence-corrected chi connectivity index (χ0v) is 11.7. The molecule has 0 aliphatic heterocycles. The van der Waals surface area contributed by atoms with Gasteiger partial charge in [-0.15, -0.1) is 0 Å². The lowest BCUT2D eigenvalue weighted by atomic mass is 9.98. The molecule has 4 nitrogen and oxygen atoms in total. The van der Waals surface area contributed by atoms with Crippen molar-refractivity contribution in [1.82, 2.24) is 5.32 Å². The molecule has 106 valence electrons. The van der Waals surface area contributed by atoms with Gasteiger partial charge in [0, 0.05) is 11.6 Å². The van der Waals surface area contributed by atoms with Crippen molar-refractivity contribution in [2.24, 2.45) is 0 Å². The monoisotopic (exact) mass is 288 g/mol. The maximum Gasteiger partial charge on any atom is 0.319 e. The van der Waals surface area contributed by atoms with Gasteiger partial charge in [-0.3, -0.25) is 0 Å². The molecule has 1 aromatic rings. The van der Waals surface area contributed by atoms with E-state index in [9.17, 15) is 14.3 Å². The molecule has 0 aromatic heterocycles. The van der Waals surface area contributed by atoms with Gasteiger partial charge in [-0.05, 0) is 31.0 Å². The third kappa shape index (κ3) is 4.69. The van der Waals surface area contributed by atoms with Crippen LogP contribution in [-0.2, 0) is 0 Å². The summed E-state index contributed by atoms with van der Waals surface area (Å²) < 4.78 is 13.4. The molecule has 3 N–H and O–H groups in total. The Morgan fingerprint density at radius 2 is 2.05 bits per heavy atom. The van der Waals surface area contributed by atoms with Crippen LogP contribution in [0.3, 0.4) is 0 Å². The van der Waals surface area contributed by atoms with Crippen molar-refractivity contribution in [2.45, 2.75) is 32.3 Å². The van der Waals surface area contributed by atoms with Crippen LogP contribution in [0, 0.1) is 5.82 Å². The van der Waals surface area contributed by atoms with Gasteiger partial charge in [0.1, 0.15) is 5.82 Å². The molecule has 0 aliphatic rings.